The lowest BCUT2D eigenvalue weighted by Crippen LogP contribution is -2.40. The van der Waals surface area contributed by atoms with Crippen LogP contribution in [0.3, 0.4) is 0 Å². The van der Waals surface area contributed by atoms with Gasteiger partial charge in [0.05, 0.1) is 11.3 Å². The van der Waals surface area contributed by atoms with Crippen LogP contribution in [0.4, 0.5) is 15.8 Å². The Labute approximate surface area is 149 Å². The Kier molecular flexibility index (Phi) is 4.59. The van der Waals surface area contributed by atoms with E-state index in [1.54, 1.807) is 12.1 Å². The highest BCUT2D eigenvalue weighted by atomic mass is 19.1. The topological polar surface area (TPSA) is 108 Å². The molecular weight excluding hydrogens is 335 g/mol. The van der Waals surface area contributed by atoms with E-state index in [-0.39, 0.29) is 18.0 Å². The number of halogens is 1. The van der Waals surface area contributed by atoms with Gasteiger partial charge in [-0.2, -0.15) is 5.26 Å². The van der Waals surface area contributed by atoms with Gasteiger partial charge >= 0.3 is 0 Å². The summed E-state index contributed by atoms with van der Waals surface area (Å²) in [5.74, 6) is -1.39. The number of benzene rings is 2. The summed E-state index contributed by atoms with van der Waals surface area (Å²) >= 11 is 0. The molecule has 132 valence electrons. The maximum Gasteiger partial charge on any atom is 0.235 e. The molecule has 1 aliphatic rings. The Morgan fingerprint density at radius 3 is 2.46 bits per heavy atom. The third-order valence-corrected chi connectivity index (χ3v) is 4.44. The average Bonchev–Trinajstić information content (AvgIpc) is 3.44. The Bertz CT molecular complexity index is 899. The first-order chi connectivity index (χ1) is 12.4. The molecule has 6 nitrogen and oxygen atoms in total. The molecule has 2 aromatic carbocycles. The number of hydrogen-bond acceptors (Lipinski definition) is 4. The van der Waals surface area contributed by atoms with Gasteiger partial charge in [-0.15, -0.1) is 0 Å². The molecule has 0 atom stereocenters. The molecule has 4 N–H and O–H groups in total. The monoisotopic (exact) mass is 352 g/mol. The Hall–Kier alpha value is -3.40. The second-order valence-electron chi connectivity index (χ2n) is 6.25. The average molecular weight is 352 g/mol. The number of amides is 2. The van der Waals surface area contributed by atoms with E-state index in [4.69, 9.17) is 11.0 Å². The van der Waals surface area contributed by atoms with Crippen molar-refractivity contribution in [3.05, 3.63) is 59.4 Å². The molecule has 1 aliphatic carbocycles. The fourth-order valence-electron chi connectivity index (χ4n) is 2.64. The lowest BCUT2D eigenvalue weighted by Gasteiger charge is -2.12. The van der Waals surface area contributed by atoms with Crippen LogP contribution in [0.5, 0.6) is 0 Å². The quantitative estimate of drug-likeness (QED) is 0.693. The van der Waals surface area contributed by atoms with Crippen molar-refractivity contribution in [2.24, 2.45) is 11.1 Å². The molecule has 1 saturated carbocycles. The zero-order chi connectivity index (χ0) is 18.7. The van der Waals surface area contributed by atoms with E-state index in [1.165, 1.54) is 18.2 Å². The van der Waals surface area contributed by atoms with Crippen molar-refractivity contribution in [2.45, 2.75) is 19.4 Å². The van der Waals surface area contributed by atoms with Crippen LogP contribution in [0.2, 0.25) is 0 Å². The predicted molar refractivity (Wildman–Crippen MR) is 93.5 cm³/mol. The van der Waals surface area contributed by atoms with Crippen LogP contribution < -0.4 is 16.4 Å². The van der Waals surface area contributed by atoms with Gasteiger partial charge in [0.15, 0.2) is 0 Å². The summed E-state index contributed by atoms with van der Waals surface area (Å²) in [4.78, 5) is 23.4. The maximum atomic E-state index is 13.2. The highest BCUT2D eigenvalue weighted by Gasteiger charge is 2.55. The Balaban J connectivity index is 1.62. The highest BCUT2D eigenvalue weighted by Crippen LogP contribution is 2.45. The minimum atomic E-state index is -1.03. The van der Waals surface area contributed by atoms with E-state index >= 15 is 0 Å². The molecule has 0 bridgehead atoms. The van der Waals surface area contributed by atoms with Gasteiger partial charge in [0.2, 0.25) is 11.8 Å². The van der Waals surface area contributed by atoms with Crippen molar-refractivity contribution in [1.29, 1.82) is 5.26 Å². The molecule has 0 heterocycles. The van der Waals surface area contributed by atoms with Crippen molar-refractivity contribution < 1.29 is 14.0 Å². The third kappa shape index (κ3) is 3.49. The number of nitrogens with two attached hydrogens (primary N) is 1. The van der Waals surface area contributed by atoms with Crippen LogP contribution >= 0.6 is 0 Å². The van der Waals surface area contributed by atoms with E-state index in [0.29, 0.717) is 18.5 Å². The first kappa shape index (κ1) is 17.4. The zero-order valence-electron chi connectivity index (χ0n) is 13.9. The minimum absolute atomic E-state index is 0.211. The molecule has 3 rings (SSSR count). The van der Waals surface area contributed by atoms with Gasteiger partial charge in [0, 0.05) is 12.2 Å². The van der Waals surface area contributed by atoms with Gasteiger partial charge in [-0.1, -0.05) is 12.1 Å². The van der Waals surface area contributed by atoms with Crippen LogP contribution in [-0.4, -0.2) is 11.8 Å². The summed E-state index contributed by atoms with van der Waals surface area (Å²) in [5, 5.41) is 14.9. The molecule has 0 spiro atoms. The van der Waals surface area contributed by atoms with Gasteiger partial charge in [-0.25, -0.2) is 4.39 Å². The van der Waals surface area contributed by atoms with Crippen molar-refractivity contribution in [1.82, 2.24) is 5.32 Å². The summed E-state index contributed by atoms with van der Waals surface area (Å²) in [7, 11) is 0. The maximum absolute atomic E-state index is 13.2. The predicted octanol–water partition coefficient (Wildman–Crippen LogP) is 2.32. The van der Waals surface area contributed by atoms with Crippen LogP contribution in [0, 0.1) is 22.6 Å². The van der Waals surface area contributed by atoms with E-state index in [9.17, 15) is 14.0 Å². The molecule has 2 aromatic rings. The van der Waals surface area contributed by atoms with Crippen LogP contribution in [0.15, 0.2) is 42.5 Å². The number of nitrogens with zero attached hydrogens (tertiary/aromatic N) is 1. The summed E-state index contributed by atoms with van der Waals surface area (Å²) in [6.45, 7) is 0.286. The van der Waals surface area contributed by atoms with Crippen molar-refractivity contribution in [3.8, 4) is 6.07 Å². The minimum Gasteiger partial charge on any atom is -0.369 e. The molecular formula is C19H17FN4O2. The summed E-state index contributed by atoms with van der Waals surface area (Å²) in [5.41, 5.74) is 6.53. The highest BCUT2D eigenvalue weighted by molar-refractivity contribution is 6.07. The molecule has 1 fully saturated rings. The zero-order valence-corrected chi connectivity index (χ0v) is 13.9. The number of carbonyl (C=O) groups is 2. The molecule has 0 aliphatic heterocycles. The van der Waals surface area contributed by atoms with E-state index in [1.807, 2.05) is 18.2 Å². The number of rotatable bonds is 6. The fraction of sp³-hybridized carbons (Fsp3) is 0.211. The number of primary amides is 1. The van der Waals surface area contributed by atoms with Gasteiger partial charge < -0.3 is 16.4 Å². The lowest BCUT2D eigenvalue weighted by molar-refractivity contribution is -0.135. The van der Waals surface area contributed by atoms with Crippen LogP contribution in [-0.2, 0) is 16.1 Å². The van der Waals surface area contributed by atoms with Gasteiger partial charge in [0.1, 0.15) is 17.3 Å². The number of carbonyl (C=O) groups excluding carboxylic acids is 2. The van der Waals surface area contributed by atoms with E-state index < -0.39 is 17.1 Å². The lowest BCUT2D eigenvalue weighted by atomic mass is 10.1. The van der Waals surface area contributed by atoms with Crippen molar-refractivity contribution >= 4 is 23.2 Å². The molecule has 0 aromatic heterocycles. The van der Waals surface area contributed by atoms with Crippen molar-refractivity contribution in [3.63, 3.8) is 0 Å². The summed E-state index contributed by atoms with van der Waals surface area (Å²) in [6.07, 6.45) is 0.992. The molecule has 0 radical (unpaired) electrons. The second-order valence-corrected chi connectivity index (χ2v) is 6.25. The van der Waals surface area contributed by atoms with Gasteiger partial charge in [-0.3, -0.25) is 9.59 Å². The summed E-state index contributed by atoms with van der Waals surface area (Å²) < 4.78 is 13.2. The van der Waals surface area contributed by atoms with Gasteiger partial charge in [-0.05, 0) is 48.7 Å². The fourth-order valence-corrected chi connectivity index (χ4v) is 2.64. The Morgan fingerprint density at radius 2 is 1.88 bits per heavy atom. The van der Waals surface area contributed by atoms with Gasteiger partial charge in [0.25, 0.3) is 0 Å². The van der Waals surface area contributed by atoms with E-state index in [2.05, 4.69) is 10.6 Å². The normalized spacial score (nSPS) is 14.2. The number of anilines is 2. The third-order valence-electron chi connectivity index (χ3n) is 4.44. The van der Waals surface area contributed by atoms with Crippen LogP contribution in [0.25, 0.3) is 0 Å². The standard InChI is InChI=1S/C19H17FN4O2/c20-14-3-6-16(13(9-14)10-21)24-15-4-1-12(2-5-15)11-23-18(26)19(7-8-19)17(22)25/h1-6,9,24H,7-8,11H2,(H2,22,25)(H,23,26). The van der Waals surface area contributed by atoms with Crippen molar-refractivity contribution in [2.75, 3.05) is 5.32 Å². The SMILES string of the molecule is N#Cc1cc(F)ccc1Nc1ccc(CNC(=O)C2(C(N)=O)CC2)cc1. The number of nitrogens with one attached hydrogen (secondary N) is 2. The molecule has 26 heavy (non-hydrogen) atoms. The Morgan fingerprint density at radius 1 is 1.19 bits per heavy atom. The first-order valence-electron chi connectivity index (χ1n) is 8.08. The molecule has 0 unspecified atom stereocenters. The number of nitriles is 1. The molecule has 2 amide bonds. The molecule has 7 heteroatoms. The van der Waals surface area contributed by atoms with E-state index in [0.717, 1.165) is 11.3 Å². The summed E-state index contributed by atoms with van der Waals surface area (Å²) in [6, 6.07) is 13.1. The smallest absolute Gasteiger partial charge is 0.235 e. The van der Waals surface area contributed by atoms with Crippen LogP contribution in [0.1, 0.15) is 24.0 Å². The number of hydrogen-bond donors (Lipinski definition) is 3. The second kappa shape index (κ2) is 6.84. The largest absolute Gasteiger partial charge is 0.369 e. The first-order valence-corrected chi connectivity index (χ1v) is 8.08. The molecule has 0 saturated heterocycles.